The molecule has 0 bridgehead atoms. The maximum absolute atomic E-state index is 13.5. The maximum Gasteiger partial charge on any atom is 0.333 e. The third kappa shape index (κ3) is 3.74. The van der Waals surface area contributed by atoms with Crippen LogP contribution in [0.15, 0.2) is 72.8 Å². The number of nitrogens with zero attached hydrogens (tertiary/aromatic N) is 1. The van der Waals surface area contributed by atoms with Crippen LogP contribution in [0.25, 0.3) is 11.1 Å². The van der Waals surface area contributed by atoms with Gasteiger partial charge in [-0.1, -0.05) is 72.8 Å². The van der Waals surface area contributed by atoms with Crippen molar-refractivity contribution in [2.24, 2.45) is 5.73 Å². The molecule has 1 amide bonds. The molecule has 3 N–H and O–H groups in total. The molecule has 5 rings (SSSR count). The summed E-state index contributed by atoms with van der Waals surface area (Å²) in [5.74, 6) is -2.63. The minimum absolute atomic E-state index is 0.0761. The van der Waals surface area contributed by atoms with Crippen molar-refractivity contribution in [1.29, 1.82) is 0 Å². The molecular formula is C27H24N2O5. The predicted octanol–water partition coefficient (Wildman–Crippen LogP) is 2.88. The second-order valence-electron chi connectivity index (χ2n) is 8.63. The number of hydrogen-bond donors (Lipinski definition) is 2. The van der Waals surface area contributed by atoms with Gasteiger partial charge in [-0.05, 0) is 39.8 Å². The van der Waals surface area contributed by atoms with Crippen LogP contribution in [0.2, 0.25) is 0 Å². The fourth-order valence-corrected chi connectivity index (χ4v) is 5.07. The second kappa shape index (κ2) is 8.76. The van der Waals surface area contributed by atoms with Crippen molar-refractivity contribution < 1.29 is 24.2 Å². The van der Waals surface area contributed by atoms with Gasteiger partial charge in [-0.15, -0.1) is 0 Å². The molecule has 0 fully saturated rings. The first-order valence-electron chi connectivity index (χ1n) is 11.2. The van der Waals surface area contributed by atoms with Gasteiger partial charge in [-0.2, -0.15) is 0 Å². The Balaban J connectivity index is 1.47. The number of carboxylic acids is 1. The van der Waals surface area contributed by atoms with Gasteiger partial charge < -0.3 is 20.5 Å². The molecule has 0 saturated heterocycles. The Morgan fingerprint density at radius 1 is 0.912 bits per heavy atom. The molecule has 0 spiro atoms. The number of esters is 1. The zero-order valence-electron chi connectivity index (χ0n) is 18.4. The van der Waals surface area contributed by atoms with Crippen LogP contribution in [0, 0.1) is 0 Å². The van der Waals surface area contributed by atoms with Gasteiger partial charge in [-0.25, -0.2) is 4.79 Å². The van der Waals surface area contributed by atoms with E-state index in [0.717, 1.165) is 32.7 Å². The van der Waals surface area contributed by atoms with Crippen LogP contribution in [0.4, 0.5) is 0 Å². The summed E-state index contributed by atoms with van der Waals surface area (Å²) < 4.78 is 5.82. The smallest absolute Gasteiger partial charge is 0.333 e. The Kier molecular flexibility index (Phi) is 5.63. The van der Waals surface area contributed by atoms with Crippen molar-refractivity contribution >= 4 is 17.8 Å². The number of carbonyl (C=O) groups is 3. The summed E-state index contributed by atoms with van der Waals surface area (Å²) in [5, 5.41) is 9.44. The van der Waals surface area contributed by atoms with Crippen molar-refractivity contribution in [2.75, 3.05) is 13.2 Å². The highest BCUT2D eigenvalue weighted by molar-refractivity contribution is 5.92. The summed E-state index contributed by atoms with van der Waals surface area (Å²) in [5.41, 5.74) is 11.7. The van der Waals surface area contributed by atoms with E-state index in [0.29, 0.717) is 5.56 Å². The van der Waals surface area contributed by atoms with E-state index in [9.17, 15) is 19.5 Å². The molecule has 172 valence electrons. The molecular weight excluding hydrogens is 432 g/mol. The summed E-state index contributed by atoms with van der Waals surface area (Å²) in [6, 6.07) is 21.0. The third-order valence-corrected chi connectivity index (χ3v) is 6.59. The number of hydrogen-bond acceptors (Lipinski definition) is 5. The number of nitrogens with two attached hydrogens (primary N) is 1. The number of carboxylic acid groups (broad SMARTS) is 1. The van der Waals surface area contributed by atoms with E-state index in [1.165, 1.54) is 0 Å². The summed E-state index contributed by atoms with van der Waals surface area (Å²) in [6.45, 7) is -0.567. The Bertz CT molecular complexity index is 1240. The predicted molar refractivity (Wildman–Crippen MR) is 125 cm³/mol. The lowest BCUT2D eigenvalue weighted by molar-refractivity contribution is -0.158. The zero-order valence-corrected chi connectivity index (χ0v) is 18.4. The largest absolute Gasteiger partial charge is 0.480 e. The molecule has 7 heteroatoms. The summed E-state index contributed by atoms with van der Waals surface area (Å²) in [4.78, 5) is 39.1. The van der Waals surface area contributed by atoms with Crippen molar-refractivity contribution in [1.82, 2.24) is 4.90 Å². The molecule has 7 nitrogen and oxygen atoms in total. The SMILES string of the molecule is NC1Cc2ccccc2C(C(=O)OCC2c3ccccc3-c3ccccc32)N(CC(=O)O)C1=O. The van der Waals surface area contributed by atoms with Gasteiger partial charge in [0, 0.05) is 5.92 Å². The standard InChI is InChI=1S/C27H24N2O5/c28-23-13-16-7-1-2-8-17(16)25(29(26(23)32)14-24(30)31)27(33)34-15-22-20-11-5-3-9-18(20)19-10-4-6-12-21(19)22/h1-12,22-23,25H,13-15,28H2,(H,30,31). The van der Waals surface area contributed by atoms with Crippen LogP contribution in [0.5, 0.6) is 0 Å². The lowest BCUT2D eigenvalue weighted by Crippen LogP contribution is -2.48. The maximum atomic E-state index is 13.5. The lowest BCUT2D eigenvalue weighted by Gasteiger charge is -2.29. The second-order valence-corrected chi connectivity index (χ2v) is 8.63. The number of carbonyl (C=O) groups excluding carboxylic acids is 2. The molecule has 0 aromatic heterocycles. The molecule has 3 aromatic rings. The van der Waals surface area contributed by atoms with Crippen molar-refractivity contribution in [3.05, 3.63) is 95.1 Å². The molecule has 2 unspecified atom stereocenters. The first-order valence-corrected chi connectivity index (χ1v) is 11.2. The van der Waals surface area contributed by atoms with Gasteiger partial charge in [-0.3, -0.25) is 9.59 Å². The van der Waals surface area contributed by atoms with E-state index >= 15 is 0 Å². The Hall–Kier alpha value is -3.97. The number of fused-ring (bicyclic) bond motifs is 4. The van der Waals surface area contributed by atoms with Gasteiger partial charge in [0.05, 0.1) is 6.04 Å². The van der Waals surface area contributed by atoms with Gasteiger partial charge in [0.15, 0.2) is 6.04 Å². The van der Waals surface area contributed by atoms with Crippen LogP contribution >= 0.6 is 0 Å². The molecule has 1 aliphatic heterocycles. The van der Waals surface area contributed by atoms with Gasteiger partial charge in [0.2, 0.25) is 5.91 Å². The zero-order chi connectivity index (χ0) is 23.8. The minimum Gasteiger partial charge on any atom is -0.480 e. The van der Waals surface area contributed by atoms with E-state index < -0.39 is 36.5 Å². The highest BCUT2D eigenvalue weighted by atomic mass is 16.5. The van der Waals surface area contributed by atoms with Crippen molar-refractivity contribution in [3.63, 3.8) is 0 Å². The first kappa shape index (κ1) is 21.9. The average Bonchev–Trinajstić information content (AvgIpc) is 3.11. The Morgan fingerprint density at radius 3 is 2.09 bits per heavy atom. The van der Waals surface area contributed by atoms with E-state index in [1.54, 1.807) is 24.3 Å². The molecule has 34 heavy (non-hydrogen) atoms. The monoisotopic (exact) mass is 456 g/mol. The number of benzene rings is 3. The highest BCUT2D eigenvalue weighted by Gasteiger charge is 2.41. The molecule has 0 radical (unpaired) electrons. The minimum atomic E-state index is -1.23. The summed E-state index contributed by atoms with van der Waals surface area (Å²) in [7, 11) is 0. The van der Waals surface area contributed by atoms with Gasteiger partial charge in [0.25, 0.3) is 0 Å². The number of ether oxygens (including phenoxy) is 1. The lowest BCUT2D eigenvalue weighted by atomic mass is 9.97. The number of rotatable bonds is 5. The highest BCUT2D eigenvalue weighted by Crippen LogP contribution is 2.44. The molecule has 3 aromatic carbocycles. The van der Waals surface area contributed by atoms with Crippen LogP contribution in [-0.2, 0) is 25.5 Å². The van der Waals surface area contributed by atoms with Gasteiger partial charge >= 0.3 is 11.9 Å². The van der Waals surface area contributed by atoms with E-state index in [4.69, 9.17) is 10.5 Å². The van der Waals surface area contributed by atoms with E-state index in [-0.39, 0.29) is 18.9 Å². The van der Waals surface area contributed by atoms with Gasteiger partial charge in [0.1, 0.15) is 13.2 Å². The summed E-state index contributed by atoms with van der Waals surface area (Å²) in [6.07, 6.45) is 0.221. The number of aliphatic carboxylic acids is 1. The van der Waals surface area contributed by atoms with Crippen LogP contribution in [0.1, 0.15) is 34.2 Å². The summed E-state index contributed by atoms with van der Waals surface area (Å²) >= 11 is 0. The van der Waals surface area contributed by atoms with Crippen LogP contribution < -0.4 is 5.73 Å². The average molecular weight is 456 g/mol. The fourth-order valence-electron chi connectivity index (χ4n) is 5.07. The molecule has 0 saturated carbocycles. The van der Waals surface area contributed by atoms with E-state index in [1.807, 2.05) is 48.5 Å². The Labute approximate surface area is 196 Å². The molecule has 2 atom stereocenters. The fraction of sp³-hybridized carbons (Fsp3) is 0.222. The first-order chi connectivity index (χ1) is 16.5. The molecule has 1 aliphatic carbocycles. The quantitative estimate of drug-likeness (QED) is 0.572. The van der Waals surface area contributed by atoms with Crippen molar-refractivity contribution in [3.8, 4) is 11.1 Å². The van der Waals surface area contributed by atoms with Crippen molar-refractivity contribution in [2.45, 2.75) is 24.4 Å². The van der Waals surface area contributed by atoms with E-state index in [2.05, 4.69) is 0 Å². The molecule has 2 aliphatic rings. The normalized spacial score (nSPS) is 19.1. The van der Waals surface area contributed by atoms with Crippen LogP contribution in [-0.4, -0.2) is 47.0 Å². The Morgan fingerprint density at radius 2 is 1.47 bits per heavy atom. The third-order valence-electron chi connectivity index (χ3n) is 6.59. The number of amides is 1. The molecule has 1 heterocycles. The van der Waals surface area contributed by atoms with Crippen LogP contribution in [0.3, 0.4) is 0 Å². The topological polar surface area (TPSA) is 110 Å².